The lowest BCUT2D eigenvalue weighted by Gasteiger charge is -2.26. The molecule has 1 aromatic rings. The Hall–Kier alpha value is -1.46. The van der Waals surface area contributed by atoms with Gasteiger partial charge >= 0.3 is 5.97 Å². The molecule has 1 aliphatic rings. The third kappa shape index (κ3) is 2.86. The molecule has 0 aromatic carbocycles. The van der Waals surface area contributed by atoms with Crippen molar-refractivity contribution in [1.29, 1.82) is 0 Å². The van der Waals surface area contributed by atoms with Crippen molar-refractivity contribution >= 4 is 5.97 Å². The van der Waals surface area contributed by atoms with E-state index in [0.717, 1.165) is 18.7 Å². The molecule has 2 unspecified atom stereocenters. The largest absolute Gasteiger partial charge is 0.477 e. The van der Waals surface area contributed by atoms with E-state index in [4.69, 9.17) is 9.84 Å². The minimum atomic E-state index is -0.989. The van der Waals surface area contributed by atoms with Crippen LogP contribution in [0.4, 0.5) is 0 Å². The molecule has 1 N–H and O–H groups in total. The lowest BCUT2D eigenvalue weighted by molar-refractivity contribution is 0.0688. The second-order valence-electron chi connectivity index (χ2n) is 4.67. The first-order valence-corrected chi connectivity index (χ1v) is 6.09. The molecule has 5 heteroatoms. The number of carbonyl (C=O) groups is 1. The Morgan fingerprint density at radius 3 is 3.00 bits per heavy atom. The van der Waals surface area contributed by atoms with Gasteiger partial charge in [-0.25, -0.2) is 9.78 Å². The summed E-state index contributed by atoms with van der Waals surface area (Å²) in [5.41, 5.74) is 0.869. The van der Waals surface area contributed by atoms with E-state index in [1.165, 1.54) is 6.07 Å². The average Bonchev–Trinajstić information content (AvgIpc) is 2.76. The Kier molecular flexibility index (Phi) is 3.93. The van der Waals surface area contributed by atoms with Crippen molar-refractivity contribution < 1.29 is 14.6 Å². The van der Waals surface area contributed by atoms with Gasteiger partial charge in [0.15, 0.2) is 0 Å². The van der Waals surface area contributed by atoms with Crippen LogP contribution in [-0.4, -0.2) is 46.8 Å². The topological polar surface area (TPSA) is 62.7 Å². The van der Waals surface area contributed by atoms with E-state index in [0.29, 0.717) is 12.6 Å². The van der Waals surface area contributed by atoms with Crippen molar-refractivity contribution in [3.05, 3.63) is 29.6 Å². The van der Waals surface area contributed by atoms with Gasteiger partial charge in [-0.1, -0.05) is 6.07 Å². The summed E-state index contributed by atoms with van der Waals surface area (Å²) < 4.78 is 5.53. The molecule has 1 aliphatic heterocycles. The van der Waals surface area contributed by atoms with Crippen LogP contribution < -0.4 is 0 Å². The van der Waals surface area contributed by atoms with E-state index in [1.807, 2.05) is 13.1 Å². The van der Waals surface area contributed by atoms with Gasteiger partial charge in [0, 0.05) is 19.2 Å². The Morgan fingerprint density at radius 2 is 2.39 bits per heavy atom. The monoisotopic (exact) mass is 250 g/mol. The van der Waals surface area contributed by atoms with Crippen molar-refractivity contribution in [3.63, 3.8) is 0 Å². The fourth-order valence-corrected chi connectivity index (χ4v) is 2.36. The van der Waals surface area contributed by atoms with Gasteiger partial charge in [0.1, 0.15) is 5.69 Å². The molecular formula is C13H18N2O3. The van der Waals surface area contributed by atoms with Crippen LogP contribution in [0.3, 0.4) is 0 Å². The zero-order valence-electron chi connectivity index (χ0n) is 10.7. The molecule has 1 fully saturated rings. The molecule has 5 nitrogen and oxygen atoms in total. The van der Waals surface area contributed by atoms with Crippen LogP contribution in [0.2, 0.25) is 0 Å². The van der Waals surface area contributed by atoms with Gasteiger partial charge in [-0.05, 0) is 32.5 Å². The summed E-state index contributed by atoms with van der Waals surface area (Å²) in [6, 6.07) is 5.46. The Bertz CT molecular complexity index is 436. The number of hydrogen-bond donors (Lipinski definition) is 1. The highest BCUT2D eigenvalue weighted by molar-refractivity contribution is 5.85. The number of pyridine rings is 1. The third-order valence-corrected chi connectivity index (χ3v) is 3.34. The summed E-state index contributed by atoms with van der Waals surface area (Å²) in [6.07, 6.45) is 1.23. The van der Waals surface area contributed by atoms with Gasteiger partial charge in [-0.2, -0.15) is 0 Å². The zero-order chi connectivity index (χ0) is 13.1. The summed E-state index contributed by atoms with van der Waals surface area (Å²) >= 11 is 0. The summed E-state index contributed by atoms with van der Waals surface area (Å²) in [7, 11) is 2.02. The molecule has 0 radical (unpaired) electrons. The predicted octanol–water partition coefficient (Wildman–Crippen LogP) is 1.39. The quantitative estimate of drug-likeness (QED) is 0.875. The van der Waals surface area contributed by atoms with Crippen molar-refractivity contribution in [2.24, 2.45) is 0 Å². The number of carboxylic acid groups (broad SMARTS) is 1. The molecule has 0 bridgehead atoms. The highest BCUT2D eigenvalue weighted by Crippen LogP contribution is 2.19. The molecule has 98 valence electrons. The smallest absolute Gasteiger partial charge is 0.354 e. The maximum absolute atomic E-state index is 10.9. The maximum atomic E-state index is 10.9. The third-order valence-electron chi connectivity index (χ3n) is 3.34. The summed E-state index contributed by atoms with van der Waals surface area (Å²) in [4.78, 5) is 17.2. The maximum Gasteiger partial charge on any atom is 0.354 e. The molecular weight excluding hydrogens is 232 g/mol. The molecule has 0 aliphatic carbocycles. The predicted molar refractivity (Wildman–Crippen MR) is 66.5 cm³/mol. The number of rotatable bonds is 4. The Balaban J connectivity index is 2.04. The van der Waals surface area contributed by atoms with E-state index in [2.05, 4.69) is 16.8 Å². The van der Waals surface area contributed by atoms with E-state index >= 15 is 0 Å². The first-order chi connectivity index (χ1) is 8.58. The van der Waals surface area contributed by atoms with E-state index < -0.39 is 5.97 Å². The van der Waals surface area contributed by atoms with Crippen molar-refractivity contribution in [3.8, 4) is 0 Å². The van der Waals surface area contributed by atoms with Crippen molar-refractivity contribution in [1.82, 2.24) is 9.88 Å². The van der Waals surface area contributed by atoms with E-state index in [9.17, 15) is 4.79 Å². The van der Waals surface area contributed by atoms with Crippen molar-refractivity contribution in [2.45, 2.75) is 32.0 Å². The Morgan fingerprint density at radius 1 is 1.61 bits per heavy atom. The lowest BCUT2D eigenvalue weighted by Crippen LogP contribution is -2.36. The number of ether oxygens (including phenoxy) is 1. The number of nitrogens with zero attached hydrogens (tertiary/aromatic N) is 2. The molecule has 0 spiro atoms. The van der Waals surface area contributed by atoms with Gasteiger partial charge in [0.05, 0.1) is 11.8 Å². The number of hydrogen-bond acceptors (Lipinski definition) is 4. The van der Waals surface area contributed by atoms with Crippen LogP contribution in [0.5, 0.6) is 0 Å². The van der Waals surface area contributed by atoms with Gasteiger partial charge in [-0.3, -0.25) is 4.90 Å². The van der Waals surface area contributed by atoms with E-state index in [1.54, 1.807) is 6.07 Å². The number of aromatic nitrogens is 1. The zero-order valence-corrected chi connectivity index (χ0v) is 10.7. The average molecular weight is 250 g/mol. The molecule has 1 saturated heterocycles. The second-order valence-corrected chi connectivity index (χ2v) is 4.67. The van der Waals surface area contributed by atoms with Crippen LogP contribution in [0.1, 0.15) is 29.5 Å². The fourth-order valence-electron chi connectivity index (χ4n) is 2.36. The molecule has 18 heavy (non-hydrogen) atoms. The minimum absolute atomic E-state index is 0.0941. The number of likely N-dealkylation sites (N-methyl/N-ethyl adjacent to an activating group) is 1. The molecule has 2 atom stereocenters. The molecule has 0 saturated carbocycles. The lowest BCUT2D eigenvalue weighted by atomic mass is 10.1. The minimum Gasteiger partial charge on any atom is -0.477 e. The van der Waals surface area contributed by atoms with Crippen LogP contribution >= 0.6 is 0 Å². The summed E-state index contributed by atoms with van der Waals surface area (Å²) in [6.45, 7) is 3.49. The van der Waals surface area contributed by atoms with E-state index in [-0.39, 0.29) is 11.8 Å². The first-order valence-electron chi connectivity index (χ1n) is 6.09. The highest BCUT2D eigenvalue weighted by atomic mass is 16.5. The number of carboxylic acids is 1. The standard InChI is InChI=1S/C13H18N2O3/c1-9-12(6-7-18-9)15(2)8-10-4-3-5-11(14-10)13(16)17/h3-5,9,12H,6-8H2,1-2H3,(H,16,17). The summed E-state index contributed by atoms with van der Waals surface area (Å²) in [5.74, 6) is -0.989. The number of aromatic carboxylic acids is 1. The molecule has 2 rings (SSSR count). The fraction of sp³-hybridized carbons (Fsp3) is 0.538. The second kappa shape index (κ2) is 5.46. The highest BCUT2D eigenvalue weighted by Gasteiger charge is 2.27. The molecule has 0 amide bonds. The Labute approximate surface area is 106 Å². The SMILES string of the molecule is CC1OCCC1N(C)Cc1cccc(C(=O)O)n1. The van der Waals surface area contributed by atoms with Gasteiger partial charge < -0.3 is 9.84 Å². The summed E-state index contributed by atoms with van der Waals surface area (Å²) in [5, 5.41) is 8.90. The van der Waals surface area contributed by atoms with Gasteiger partial charge in [-0.15, -0.1) is 0 Å². The van der Waals surface area contributed by atoms with Crippen LogP contribution in [-0.2, 0) is 11.3 Å². The van der Waals surface area contributed by atoms with Gasteiger partial charge in [0.25, 0.3) is 0 Å². The van der Waals surface area contributed by atoms with Crippen molar-refractivity contribution in [2.75, 3.05) is 13.7 Å². The van der Waals surface area contributed by atoms with Crippen LogP contribution in [0, 0.1) is 0 Å². The van der Waals surface area contributed by atoms with Crippen LogP contribution in [0.15, 0.2) is 18.2 Å². The first kappa shape index (κ1) is 13.0. The van der Waals surface area contributed by atoms with Crippen LogP contribution in [0.25, 0.3) is 0 Å². The molecule has 1 aromatic heterocycles. The van der Waals surface area contributed by atoms with Gasteiger partial charge in [0.2, 0.25) is 0 Å². The normalized spacial score (nSPS) is 23.5. The molecule has 2 heterocycles.